The van der Waals surface area contributed by atoms with Crippen molar-refractivity contribution in [2.24, 2.45) is 11.1 Å². The van der Waals surface area contributed by atoms with Gasteiger partial charge in [0.05, 0.1) is 11.8 Å². The Bertz CT molecular complexity index is 1600. The third-order valence-electron chi connectivity index (χ3n) is 9.57. The minimum Gasteiger partial charge on any atom is -0.420 e. The molecule has 12 heteroatoms. The lowest BCUT2D eigenvalue weighted by Gasteiger charge is -2.42. The molecule has 1 saturated heterocycles. The summed E-state index contributed by atoms with van der Waals surface area (Å²) in [6.07, 6.45) is 7.96. The second-order valence-corrected chi connectivity index (χ2v) is 12.6. The minimum atomic E-state index is -0.919. The van der Waals surface area contributed by atoms with Gasteiger partial charge in [-0.3, -0.25) is 19.2 Å². The summed E-state index contributed by atoms with van der Waals surface area (Å²) < 4.78 is 34.9. The molecule has 2 fully saturated rings. The maximum atomic E-state index is 14.3. The first-order chi connectivity index (χ1) is 21.1. The SMILES string of the molecule is CC1=NO[C@@]2(CC[C@H](C)N3C[C@H]2n2cc(C(=O)NCc4ccc(F)cc4F)c(=O)c(OC(=O)CCC4CCCC4)c2C3=O)C1. The van der Waals surface area contributed by atoms with Crippen molar-refractivity contribution in [1.29, 1.82) is 0 Å². The van der Waals surface area contributed by atoms with Crippen LogP contribution >= 0.6 is 0 Å². The van der Waals surface area contributed by atoms with E-state index in [1.165, 1.54) is 12.3 Å². The van der Waals surface area contributed by atoms with Gasteiger partial charge in [-0.15, -0.1) is 0 Å². The Morgan fingerprint density at radius 1 is 1.18 bits per heavy atom. The van der Waals surface area contributed by atoms with Crippen molar-refractivity contribution in [3.05, 3.63) is 63.1 Å². The first-order valence-corrected chi connectivity index (χ1v) is 15.3. The van der Waals surface area contributed by atoms with E-state index in [4.69, 9.17) is 9.57 Å². The molecule has 3 atom stereocenters. The number of oxime groups is 1. The number of carbonyl (C=O) groups excluding carboxylic acids is 3. The molecule has 1 saturated carbocycles. The summed E-state index contributed by atoms with van der Waals surface area (Å²) in [5.41, 5.74) is -1.44. The van der Waals surface area contributed by atoms with Crippen LogP contribution in [0.15, 0.2) is 34.3 Å². The molecule has 3 aliphatic heterocycles. The molecule has 1 N–H and O–H groups in total. The maximum Gasteiger partial charge on any atom is 0.311 e. The Hall–Kier alpha value is -4.09. The van der Waals surface area contributed by atoms with E-state index in [-0.39, 0.29) is 42.4 Å². The van der Waals surface area contributed by atoms with Crippen molar-refractivity contribution in [2.75, 3.05) is 6.54 Å². The molecular formula is C32H36F2N4O6. The molecule has 44 heavy (non-hydrogen) atoms. The number of carbonyl (C=O) groups is 3. The Morgan fingerprint density at radius 2 is 1.95 bits per heavy atom. The second-order valence-electron chi connectivity index (χ2n) is 12.6. The molecule has 234 valence electrons. The Morgan fingerprint density at radius 3 is 2.66 bits per heavy atom. The highest BCUT2D eigenvalue weighted by Gasteiger charge is 2.54. The molecule has 2 aromatic rings. The minimum absolute atomic E-state index is 0.0193. The van der Waals surface area contributed by atoms with Crippen molar-refractivity contribution in [2.45, 2.75) is 95.9 Å². The number of hydrogen-bond donors (Lipinski definition) is 1. The topological polar surface area (TPSA) is 119 Å². The first kappa shape index (κ1) is 30.0. The number of aromatic nitrogens is 1. The summed E-state index contributed by atoms with van der Waals surface area (Å²) in [4.78, 5) is 62.2. The van der Waals surface area contributed by atoms with Crippen molar-refractivity contribution in [3.8, 4) is 5.75 Å². The van der Waals surface area contributed by atoms with Gasteiger partial charge in [0.25, 0.3) is 11.8 Å². The smallest absolute Gasteiger partial charge is 0.311 e. The summed E-state index contributed by atoms with van der Waals surface area (Å²) in [5.74, 6) is -3.69. The fourth-order valence-corrected chi connectivity index (χ4v) is 7.09. The Kier molecular flexibility index (Phi) is 8.02. The number of benzene rings is 1. The summed E-state index contributed by atoms with van der Waals surface area (Å²) in [5, 5.41) is 6.73. The van der Waals surface area contributed by atoms with Crippen LogP contribution in [0.25, 0.3) is 0 Å². The van der Waals surface area contributed by atoms with E-state index in [1.54, 1.807) is 9.47 Å². The van der Waals surface area contributed by atoms with Gasteiger partial charge in [0.2, 0.25) is 11.2 Å². The Balaban J connectivity index is 1.40. The number of amides is 2. The van der Waals surface area contributed by atoms with E-state index >= 15 is 0 Å². The van der Waals surface area contributed by atoms with Crippen LogP contribution in [0.3, 0.4) is 0 Å². The lowest BCUT2D eigenvalue weighted by atomic mass is 9.84. The van der Waals surface area contributed by atoms with Crippen LogP contribution in [0.5, 0.6) is 5.75 Å². The van der Waals surface area contributed by atoms with Gasteiger partial charge in [-0.05, 0) is 45.1 Å². The van der Waals surface area contributed by atoms with Crippen LogP contribution in [0, 0.1) is 17.6 Å². The average molecular weight is 611 g/mol. The third kappa shape index (κ3) is 5.50. The van der Waals surface area contributed by atoms with E-state index in [1.807, 2.05) is 13.8 Å². The quantitative estimate of drug-likeness (QED) is 0.456. The third-order valence-corrected chi connectivity index (χ3v) is 9.57. The summed E-state index contributed by atoms with van der Waals surface area (Å²) in [6, 6.07) is 2.24. The number of rotatable bonds is 7. The molecule has 2 bridgehead atoms. The molecule has 4 heterocycles. The molecule has 2 amide bonds. The van der Waals surface area contributed by atoms with Crippen LogP contribution < -0.4 is 15.5 Å². The van der Waals surface area contributed by atoms with Crippen LogP contribution in [0.1, 0.15) is 104 Å². The average Bonchev–Trinajstić information content (AvgIpc) is 3.63. The Labute approximate surface area is 253 Å². The first-order valence-electron chi connectivity index (χ1n) is 15.3. The number of nitrogens with zero attached hydrogens (tertiary/aromatic N) is 3. The number of esters is 1. The molecule has 1 aliphatic carbocycles. The predicted octanol–water partition coefficient (Wildman–Crippen LogP) is 4.65. The molecule has 0 radical (unpaired) electrons. The highest BCUT2D eigenvalue weighted by atomic mass is 19.1. The van der Waals surface area contributed by atoms with Gasteiger partial charge in [-0.2, -0.15) is 0 Å². The molecule has 1 aromatic heterocycles. The van der Waals surface area contributed by atoms with Crippen molar-refractivity contribution in [3.63, 3.8) is 0 Å². The van der Waals surface area contributed by atoms with Gasteiger partial charge in [0.15, 0.2) is 11.3 Å². The van der Waals surface area contributed by atoms with E-state index < -0.39 is 52.2 Å². The maximum absolute atomic E-state index is 14.3. The molecule has 4 aliphatic rings. The van der Waals surface area contributed by atoms with Crippen LogP contribution in [0.4, 0.5) is 8.78 Å². The summed E-state index contributed by atoms with van der Waals surface area (Å²) >= 11 is 0. The van der Waals surface area contributed by atoms with Crippen LogP contribution in [0.2, 0.25) is 0 Å². The predicted molar refractivity (Wildman–Crippen MR) is 155 cm³/mol. The standard InChI is InChI=1S/C32H36F2N4O6/c1-18-14-32(44-36-18)12-11-19(2)37-17-25(32)38-16-23(30(41)35-15-21-8-9-22(33)13-24(21)34)28(40)29(27(38)31(37)42)43-26(39)10-7-20-5-3-4-6-20/h8-9,13,16,19-20,25H,3-7,10-12,14-15,17H2,1-2H3,(H,35,41)/t19-,25+,32-/m0/s1. The lowest BCUT2D eigenvalue weighted by molar-refractivity contribution is -0.134. The zero-order chi connectivity index (χ0) is 31.2. The monoisotopic (exact) mass is 610 g/mol. The molecule has 1 spiro atoms. The summed E-state index contributed by atoms with van der Waals surface area (Å²) in [6.45, 7) is 3.70. The number of halogens is 2. The number of pyridine rings is 1. The summed E-state index contributed by atoms with van der Waals surface area (Å²) in [7, 11) is 0. The van der Waals surface area contributed by atoms with E-state index in [0.29, 0.717) is 37.7 Å². The number of hydrogen-bond acceptors (Lipinski definition) is 7. The fraction of sp³-hybridized carbons (Fsp3) is 0.531. The van der Waals surface area contributed by atoms with E-state index in [0.717, 1.165) is 37.5 Å². The van der Waals surface area contributed by atoms with Crippen molar-refractivity contribution >= 4 is 23.5 Å². The molecule has 6 rings (SSSR count). The van der Waals surface area contributed by atoms with Crippen LogP contribution in [-0.4, -0.2) is 51.2 Å². The molecular weight excluding hydrogens is 574 g/mol. The van der Waals surface area contributed by atoms with Gasteiger partial charge >= 0.3 is 5.97 Å². The highest BCUT2D eigenvalue weighted by Crippen LogP contribution is 2.46. The molecule has 0 unspecified atom stereocenters. The number of nitrogens with one attached hydrogen (secondary N) is 1. The van der Waals surface area contributed by atoms with Crippen LogP contribution in [-0.2, 0) is 16.2 Å². The van der Waals surface area contributed by atoms with Crippen molar-refractivity contribution in [1.82, 2.24) is 14.8 Å². The highest BCUT2D eigenvalue weighted by molar-refractivity contribution is 6.00. The molecule has 10 nitrogen and oxygen atoms in total. The van der Waals surface area contributed by atoms with E-state index in [2.05, 4.69) is 10.5 Å². The van der Waals surface area contributed by atoms with Gasteiger partial charge in [0.1, 0.15) is 17.2 Å². The lowest BCUT2D eigenvalue weighted by Crippen LogP contribution is -2.52. The van der Waals surface area contributed by atoms with Gasteiger partial charge < -0.3 is 24.4 Å². The van der Waals surface area contributed by atoms with Crippen molar-refractivity contribution < 1.29 is 32.7 Å². The van der Waals surface area contributed by atoms with Gasteiger partial charge in [0, 0.05) is 49.8 Å². The zero-order valence-electron chi connectivity index (χ0n) is 24.9. The largest absolute Gasteiger partial charge is 0.420 e. The number of fused-ring (bicyclic) bond motifs is 5. The molecule has 1 aromatic carbocycles. The normalized spacial score (nSPS) is 24.5. The number of ether oxygens (including phenoxy) is 1. The van der Waals surface area contributed by atoms with Gasteiger partial charge in [-0.1, -0.05) is 36.9 Å². The fourth-order valence-electron chi connectivity index (χ4n) is 7.09. The zero-order valence-corrected chi connectivity index (χ0v) is 24.9. The second kappa shape index (κ2) is 11.8. The van der Waals surface area contributed by atoms with Gasteiger partial charge in [-0.25, -0.2) is 8.78 Å². The van der Waals surface area contributed by atoms with E-state index in [9.17, 15) is 28.0 Å².